The van der Waals surface area contributed by atoms with Crippen LogP contribution in [0.2, 0.25) is 0 Å². The molecule has 0 spiro atoms. The second-order valence-electron chi connectivity index (χ2n) is 4.66. The second kappa shape index (κ2) is 6.21. The number of carbonyl (C=O) groups excluding carboxylic acids is 1. The Hall–Kier alpha value is -2.63. The molecule has 0 radical (unpaired) electrons. The van der Waals surface area contributed by atoms with Crippen molar-refractivity contribution < 1.29 is 14.3 Å². The van der Waals surface area contributed by atoms with Crippen molar-refractivity contribution in [2.75, 3.05) is 11.9 Å². The van der Waals surface area contributed by atoms with Gasteiger partial charge in [0.15, 0.2) is 11.5 Å². The van der Waals surface area contributed by atoms with E-state index >= 15 is 0 Å². The van der Waals surface area contributed by atoms with Crippen molar-refractivity contribution in [2.24, 2.45) is 0 Å². The van der Waals surface area contributed by atoms with Gasteiger partial charge in [-0.2, -0.15) is 0 Å². The molecule has 0 aliphatic carbocycles. The molecule has 1 aromatic carbocycles. The molecule has 6 heteroatoms. The predicted octanol–water partition coefficient (Wildman–Crippen LogP) is 2.04. The van der Waals surface area contributed by atoms with Crippen molar-refractivity contribution in [1.29, 1.82) is 0 Å². The minimum absolute atomic E-state index is 0.123. The number of benzene rings is 1. The van der Waals surface area contributed by atoms with Crippen molar-refractivity contribution in [3.05, 3.63) is 42.7 Å². The Morgan fingerprint density at radius 2 is 1.95 bits per heavy atom. The molecule has 1 amide bonds. The van der Waals surface area contributed by atoms with Crippen molar-refractivity contribution >= 4 is 11.9 Å². The van der Waals surface area contributed by atoms with Crippen LogP contribution in [0.25, 0.3) is 0 Å². The largest absolute Gasteiger partial charge is 0.486 e. The minimum Gasteiger partial charge on any atom is -0.486 e. The van der Waals surface area contributed by atoms with Gasteiger partial charge in [-0.05, 0) is 24.6 Å². The third-order valence-electron chi connectivity index (χ3n) is 3.08. The Bertz CT molecular complexity index is 619. The molecule has 2 aromatic rings. The molecule has 21 heavy (non-hydrogen) atoms. The van der Waals surface area contributed by atoms with Crippen LogP contribution in [0.5, 0.6) is 11.5 Å². The molecular weight excluding hydrogens is 270 g/mol. The van der Waals surface area contributed by atoms with Crippen LogP contribution >= 0.6 is 0 Å². The molecule has 2 heterocycles. The molecule has 1 N–H and O–H groups in total. The Kier molecular flexibility index (Phi) is 3.95. The van der Waals surface area contributed by atoms with E-state index in [2.05, 4.69) is 15.3 Å². The third-order valence-corrected chi connectivity index (χ3v) is 3.08. The highest BCUT2D eigenvalue weighted by molar-refractivity contribution is 5.88. The summed E-state index contributed by atoms with van der Waals surface area (Å²) in [5.41, 5.74) is 0. The number of nitrogens with zero attached hydrogens (tertiary/aromatic N) is 2. The predicted molar refractivity (Wildman–Crippen MR) is 76.2 cm³/mol. The van der Waals surface area contributed by atoms with Crippen LogP contribution in [0.4, 0.5) is 5.95 Å². The number of ether oxygens (including phenoxy) is 2. The number of nitrogens with one attached hydrogen (secondary N) is 1. The summed E-state index contributed by atoms with van der Waals surface area (Å²) in [6, 6.07) is 9.21. The number of amides is 1. The lowest BCUT2D eigenvalue weighted by Gasteiger charge is -2.26. The molecule has 0 saturated carbocycles. The number of aromatic nitrogens is 2. The van der Waals surface area contributed by atoms with Crippen LogP contribution in [0, 0.1) is 0 Å². The molecular formula is C15H15N3O3. The van der Waals surface area contributed by atoms with Crippen LogP contribution in [-0.4, -0.2) is 28.6 Å². The minimum atomic E-state index is -0.136. The van der Waals surface area contributed by atoms with Gasteiger partial charge >= 0.3 is 0 Å². The van der Waals surface area contributed by atoms with E-state index in [1.165, 1.54) is 0 Å². The Balaban J connectivity index is 1.49. The van der Waals surface area contributed by atoms with E-state index in [1.807, 2.05) is 24.3 Å². The molecule has 1 unspecified atom stereocenters. The van der Waals surface area contributed by atoms with Gasteiger partial charge in [0.25, 0.3) is 0 Å². The van der Waals surface area contributed by atoms with Gasteiger partial charge in [-0.1, -0.05) is 12.1 Å². The molecule has 1 aliphatic heterocycles. The molecule has 6 nitrogen and oxygen atoms in total. The van der Waals surface area contributed by atoms with Gasteiger partial charge in [0.2, 0.25) is 11.9 Å². The van der Waals surface area contributed by atoms with E-state index < -0.39 is 0 Å². The highest BCUT2D eigenvalue weighted by Gasteiger charge is 2.21. The lowest BCUT2D eigenvalue weighted by atomic mass is 10.1. The zero-order chi connectivity index (χ0) is 14.5. The Morgan fingerprint density at radius 3 is 2.76 bits per heavy atom. The SMILES string of the molecule is O=C(CCC1COc2ccccc2O1)Nc1ncccn1. The maximum atomic E-state index is 11.8. The molecule has 3 rings (SSSR count). The summed E-state index contributed by atoms with van der Waals surface area (Å²) in [7, 11) is 0. The Labute approximate surface area is 122 Å². The summed E-state index contributed by atoms with van der Waals surface area (Å²) in [6.45, 7) is 0.451. The number of carbonyl (C=O) groups is 1. The maximum absolute atomic E-state index is 11.8. The average Bonchev–Trinajstić information content (AvgIpc) is 2.54. The van der Waals surface area contributed by atoms with Crippen LogP contribution in [0.1, 0.15) is 12.8 Å². The maximum Gasteiger partial charge on any atom is 0.229 e. The van der Waals surface area contributed by atoms with Gasteiger partial charge in [0, 0.05) is 18.8 Å². The molecule has 1 aromatic heterocycles. The zero-order valence-corrected chi connectivity index (χ0v) is 11.4. The van der Waals surface area contributed by atoms with Crippen LogP contribution in [0.3, 0.4) is 0 Å². The number of rotatable bonds is 4. The van der Waals surface area contributed by atoms with Gasteiger partial charge in [-0.3, -0.25) is 10.1 Å². The number of fused-ring (bicyclic) bond motifs is 1. The lowest BCUT2D eigenvalue weighted by Crippen LogP contribution is -2.30. The number of hydrogen-bond acceptors (Lipinski definition) is 5. The van der Waals surface area contributed by atoms with Gasteiger partial charge in [-0.15, -0.1) is 0 Å². The summed E-state index contributed by atoms with van der Waals surface area (Å²) in [4.78, 5) is 19.7. The first-order chi connectivity index (χ1) is 10.3. The third kappa shape index (κ3) is 3.47. The topological polar surface area (TPSA) is 73.3 Å². The van der Waals surface area contributed by atoms with Crippen molar-refractivity contribution in [1.82, 2.24) is 9.97 Å². The quantitative estimate of drug-likeness (QED) is 0.930. The van der Waals surface area contributed by atoms with Gasteiger partial charge < -0.3 is 9.47 Å². The monoisotopic (exact) mass is 285 g/mol. The number of hydrogen-bond donors (Lipinski definition) is 1. The first-order valence-corrected chi connectivity index (χ1v) is 6.76. The average molecular weight is 285 g/mol. The highest BCUT2D eigenvalue weighted by Crippen LogP contribution is 2.31. The molecule has 108 valence electrons. The standard InChI is InChI=1S/C15H15N3O3/c19-14(18-15-16-8-3-9-17-15)7-6-11-10-20-12-4-1-2-5-13(12)21-11/h1-5,8-9,11H,6-7,10H2,(H,16,17,18,19). The summed E-state index contributed by atoms with van der Waals surface area (Å²) >= 11 is 0. The molecule has 0 saturated heterocycles. The molecule has 0 bridgehead atoms. The number of anilines is 1. The van der Waals surface area contributed by atoms with Crippen LogP contribution < -0.4 is 14.8 Å². The van der Waals surface area contributed by atoms with Crippen LogP contribution in [-0.2, 0) is 4.79 Å². The van der Waals surface area contributed by atoms with Crippen molar-refractivity contribution in [3.8, 4) is 11.5 Å². The normalized spacial score (nSPS) is 16.3. The first kappa shape index (κ1) is 13.4. The highest BCUT2D eigenvalue weighted by atomic mass is 16.6. The first-order valence-electron chi connectivity index (χ1n) is 6.76. The fourth-order valence-corrected chi connectivity index (χ4v) is 2.05. The van der Waals surface area contributed by atoms with E-state index in [0.717, 1.165) is 11.5 Å². The van der Waals surface area contributed by atoms with Crippen molar-refractivity contribution in [2.45, 2.75) is 18.9 Å². The van der Waals surface area contributed by atoms with Gasteiger partial charge in [0.1, 0.15) is 12.7 Å². The van der Waals surface area contributed by atoms with E-state index in [-0.39, 0.29) is 12.0 Å². The zero-order valence-electron chi connectivity index (χ0n) is 11.4. The smallest absolute Gasteiger partial charge is 0.229 e. The fourth-order valence-electron chi connectivity index (χ4n) is 2.05. The van der Waals surface area contributed by atoms with Crippen LogP contribution in [0.15, 0.2) is 42.7 Å². The fraction of sp³-hybridized carbons (Fsp3) is 0.267. The van der Waals surface area contributed by atoms with Gasteiger partial charge in [0.05, 0.1) is 0 Å². The van der Waals surface area contributed by atoms with E-state index in [1.54, 1.807) is 18.5 Å². The van der Waals surface area contributed by atoms with E-state index in [9.17, 15) is 4.79 Å². The Morgan fingerprint density at radius 1 is 1.19 bits per heavy atom. The van der Waals surface area contributed by atoms with Gasteiger partial charge in [-0.25, -0.2) is 9.97 Å². The lowest BCUT2D eigenvalue weighted by molar-refractivity contribution is -0.116. The number of para-hydroxylation sites is 2. The summed E-state index contributed by atoms with van der Waals surface area (Å²) in [6.07, 6.45) is 3.94. The summed E-state index contributed by atoms with van der Waals surface area (Å²) in [5, 5.41) is 2.64. The second-order valence-corrected chi connectivity index (χ2v) is 4.66. The van der Waals surface area contributed by atoms with E-state index in [4.69, 9.17) is 9.47 Å². The van der Waals surface area contributed by atoms with E-state index in [0.29, 0.717) is 25.4 Å². The summed E-state index contributed by atoms with van der Waals surface area (Å²) in [5.74, 6) is 1.65. The molecule has 1 atom stereocenters. The summed E-state index contributed by atoms with van der Waals surface area (Å²) < 4.78 is 11.4. The van der Waals surface area contributed by atoms with Crippen molar-refractivity contribution in [3.63, 3.8) is 0 Å². The molecule has 0 fully saturated rings. The molecule has 1 aliphatic rings.